The lowest BCUT2D eigenvalue weighted by molar-refractivity contribution is 1.50. The Morgan fingerprint density at radius 1 is 1.08 bits per heavy atom. The van der Waals surface area contributed by atoms with E-state index in [9.17, 15) is 0 Å². The molecule has 0 radical (unpaired) electrons. The van der Waals surface area contributed by atoms with Crippen molar-refractivity contribution in [2.75, 3.05) is 5.73 Å². The summed E-state index contributed by atoms with van der Waals surface area (Å²) in [6.07, 6.45) is 0. The third kappa shape index (κ3) is 1.03. The molecule has 0 atom stereocenters. The summed E-state index contributed by atoms with van der Waals surface area (Å²) in [5.74, 6) is 0. The Morgan fingerprint density at radius 2 is 1.83 bits per heavy atom. The molecule has 12 heavy (non-hydrogen) atoms. The molecule has 2 aromatic rings. The van der Waals surface area contributed by atoms with Gasteiger partial charge in [-0.1, -0.05) is 30.3 Å². The average Bonchev–Trinajstić information content (AvgIpc) is 2.04. The fourth-order valence-corrected chi connectivity index (χ4v) is 1.50. The van der Waals surface area contributed by atoms with E-state index in [1.807, 2.05) is 24.3 Å². The summed E-state index contributed by atoms with van der Waals surface area (Å²) in [5.41, 5.74) is 7.94. The molecule has 0 saturated carbocycles. The van der Waals surface area contributed by atoms with Gasteiger partial charge in [0.05, 0.1) is 0 Å². The Hall–Kier alpha value is -1.50. The number of nitrogens with two attached hydrogens (primary N) is 1. The lowest BCUT2D eigenvalue weighted by Crippen LogP contribution is -1.87. The van der Waals surface area contributed by atoms with Crippen molar-refractivity contribution in [3.8, 4) is 0 Å². The first-order valence-corrected chi connectivity index (χ1v) is 4.02. The van der Waals surface area contributed by atoms with E-state index in [1.54, 1.807) is 0 Å². The zero-order valence-electron chi connectivity index (χ0n) is 7.04. The lowest BCUT2D eigenvalue weighted by atomic mass is 10.1. The number of aryl methyl sites for hydroxylation is 1. The largest absolute Gasteiger partial charge is 0.398 e. The minimum Gasteiger partial charge on any atom is -0.398 e. The van der Waals surface area contributed by atoms with Crippen LogP contribution in [0.3, 0.4) is 0 Å². The van der Waals surface area contributed by atoms with Crippen LogP contribution in [0, 0.1) is 6.92 Å². The second-order valence-corrected chi connectivity index (χ2v) is 3.08. The maximum Gasteiger partial charge on any atom is 0.0396 e. The molecule has 0 unspecified atom stereocenters. The van der Waals surface area contributed by atoms with Crippen molar-refractivity contribution in [3.05, 3.63) is 42.0 Å². The quantitative estimate of drug-likeness (QED) is 0.584. The van der Waals surface area contributed by atoms with Crippen molar-refractivity contribution < 1.29 is 0 Å². The van der Waals surface area contributed by atoms with E-state index in [1.165, 1.54) is 10.9 Å². The van der Waals surface area contributed by atoms with Crippen LogP contribution in [0.5, 0.6) is 0 Å². The smallest absolute Gasteiger partial charge is 0.0396 e. The van der Waals surface area contributed by atoms with E-state index >= 15 is 0 Å². The molecule has 60 valence electrons. The molecule has 0 spiro atoms. The Kier molecular flexibility index (Phi) is 1.51. The predicted octanol–water partition coefficient (Wildman–Crippen LogP) is 2.73. The minimum absolute atomic E-state index is 0.866. The van der Waals surface area contributed by atoms with Gasteiger partial charge < -0.3 is 5.73 Å². The number of rotatable bonds is 0. The van der Waals surface area contributed by atoms with E-state index in [2.05, 4.69) is 19.1 Å². The van der Waals surface area contributed by atoms with Gasteiger partial charge >= 0.3 is 0 Å². The van der Waals surface area contributed by atoms with Gasteiger partial charge in [-0.2, -0.15) is 0 Å². The van der Waals surface area contributed by atoms with Crippen LogP contribution < -0.4 is 5.73 Å². The van der Waals surface area contributed by atoms with Gasteiger partial charge in [-0.3, -0.25) is 0 Å². The van der Waals surface area contributed by atoms with Crippen LogP contribution in [0.4, 0.5) is 5.69 Å². The second-order valence-electron chi connectivity index (χ2n) is 3.08. The van der Waals surface area contributed by atoms with Gasteiger partial charge in [0.1, 0.15) is 0 Å². The maximum absolute atomic E-state index is 5.86. The fraction of sp³-hybridized carbons (Fsp3) is 0.0909. The van der Waals surface area contributed by atoms with Gasteiger partial charge in [-0.15, -0.1) is 0 Å². The molecule has 0 fully saturated rings. The molecule has 0 amide bonds. The van der Waals surface area contributed by atoms with Gasteiger partial charge in [0.25, 0.3) is 0 Å². The second kappa shape index (κ2) is 2.52. The first-order chi connectivity index (χ1) is 5.77. The van der Waals surface area contributed by atoms with Crippen LogP contribution in [-0.2, 0) is 0 Å². The molecule has 1 heteroatoms. The lowest BCUT2D eigenvalue weighted by Gasteiger charge is -2.02. The van der Waals surface area contributed by atoms with Crippen LogP contribution in [0.25, 0.3) is 10.8 Å². The van der Waals surface area contributed by atoms with Gasteiger partial charge in [0.2, 0.25) is 0 Å². The molecule has 0 aliphatic rings. The molecule has 2 aromatic carbocycles. The number of hydrogen-bond donors (Lipinski definition) is 1. The Balaban J connectivity index is 2.89. The molecule has 2 rings (SSSR count). The zero-order valence-corrected chi connectivity index (χ0v) is 7.04. The number of nitrogen functional groups attached to an aromatic ring is 1. The number of anilines is 1. The third-order valence-electron chi connectivity index (χ3n) is 2.04. The minimum atomic E-state index is 0.866. The van der Waals surface area contributed by atoms with Crippen LogP contribution in [0.2, 0.25) is 0 Å². The van der Waals surface area contributed by atoms with Crippen LogP contribution in [-0.4, -0.2) is 0 Å². The normalized spacial score (nSPS) is 10.4. The summed E-state index contributed by atoms with van der Waals surface area (Å²) in [5, 5.41) is 2.36. The molecule has 0 heterocycles. The van der Waals surface area contributed by atoms with E-state index in [0.29, 0.717) is 0 Å². The average molecular weight is 157 g/mol. The first-order valence-electron chi connectivity index (χ1n) is 4.02. The van der Waals surface area contributed by atoms with Crippen molar-refractivity contribution in [3.63, 3.8) is 0 Å². The van der Waals surface area contributed by atoms with Crippen LogP contribution >= 0.6 is 0 Å². The molecule has 0 aromatic heterocycles. The van der Waals surface area contributed by atoms with Gasteiger partial charge in [0, 0.05) is 11.1 Å². The molecule has 2 N–H and O–H groups in total. The highest BCUT2D eigenvalue weighted by Crippen LogP contribution is 2.21. The van der Waals surface area contributed by atoms with Crippen molar-refractivity contribution in [1.82, 2.24) is 0 Å². The topological polar surface area (TPSA) is 26.0 Å². The molecular weight excluding hydrogens is 146 g/mol. The number of hydrogen-bond acceptors (Lipinski definition) is 1. The summed E-state index contributed by atoms with van der Waals surface area (Å²) >= 11 is 0. The monoisotopic (exact) mass is 157 g/mol. The molecule has 0 bridgehead atoms. The highest BCUT2D eigenvalue weighted by atomic mass is 14.5. The summed E-state index contributed by atoms with van der Waals surface area (Å²) in [4.78, 5) is 0. The van der Waals surface area contributed by atoms with Crippen molar-refractivity contribution in [2.45, 2.75) is 6.92 Å². The SMILES string of the molecule is Cc1cc(N)c2ccccc2c1. The molecule has 0 aliphatic carbocycles. The zero-order chi connectivity index (χ0) is 8.55. The standard InChI is InChI=1S/C11H11N/c1-8-6-9-4-2-3-5-10(9)11(12)7-8/h2-7H,12H2,1H3. The van der Waals surface area contributed by atoms with E-state index in [4.69, 9.17) is 5.73 Å². The molecular formula is C11H11N. The molecule has 0 aliphatic heterocycles. The summed E-state index contributed by atoms with van der Waals surface area (Å²) < 4.78 is 0. The Labute approximate surface area is 71.8 Å². The fourth-order valence-electron chi connectivity index (χ4n) is 1.50. The molecule has 1 nitrogen and oxygen atoms in total. The Morgan fingerprint density at radius 3 is 2.67 bits per heavy atom. The van der Waals surface area contributed by atoms with E-state index in [0.717, 1.165) is 11.1 Å². The van der Waals surface area contributed by atoms with Crippen molar-refractivity contribution in [1.29, 1.82) is 0 Å². The highest BCUT2D eigenvalue weighted by molar-refractivity contribution is 5.93. The van der Waals surface area contributed by atoms with Crippen molar-refractivity contribution >= 4 is 16.5 Å². The predicted molar refractivity (Wildman–Crippen MR) is 53.1 cm³/mol. The third-order valence-corrected chi connectivity index (χ3v) is 2.04. The summed E-state index contributed by atoms with van der Waals surface area (Å²) in [6.45, 7) is 2.06. The highest BCUT2D eigenvalue weighted by Gasteiger charge is 1.96. The summed E-state index contributed by atoms with van der Waals surface area (Å²) in [7, 11) is 0. The summed E-state index contributed by atoms with van der Waals surface area (Å²) in [6, 6.07) is 12.3. The Bertz CT molecular complexity index is 418. The van der Waals surface area contributed by atoms with Gasteiger partial charge in [0.15, 0.2) is 0 Å². The number of fused-ring (bicyclic) bond motifs is 1. The van der Waals surface area contributed by atoms with Crippen LogP contribution in [0.1, 0.15) is 5.56 Å². The maximum atomic E-state index is 5.86. The van der Waals surface area contributed by atoms with Gasteiger partial charge in [-0.25, -0.2) is 0 Å². The van der Waals surface area contributed by atoms with Crippen LogP contribution in [0.15, 0.2) is 36.4 Å². The van der Waals surface area contributed by atoms with Crippen molar-refractivity contribution in [2.24, 2.45) is 0 Å². The van der Waals surface area contributed by atoms with Gasteiger partial charge in [-0.05, 0) is 23.9 Å². The van der Waals surface area contributed by atoms with E-state index < -0.39 is 0 Å². The van der Waals surface area contributed by atoms with E-state index in [-0.39, 0.29) is 0 Å². The first kappa shape index (κ1) is 7.17. The molecule has 0 saturated heterocycles. The number of benzene rings is 2.